The number of benzene rings is 1. The first kappa shape index (κ1) is 16.3. The predicted molar refractivity (Wildman–Crippen MR) is 83.5 cm³/mol. The molecule has 1 fully saturated rings. The quantitative estimate of drug-likeness (QED) is 0.636. The van der Waals surface area contributed by atoms with Gasteiger partial charge in [0.1, 0.15) is 0 Å². The van der Waals surface area contributed by atoms with Crippen LogP contribution in [0.3, 0.4) is 0 Å². The molecule has 1 heterocycles. The van der Waals surface area contributed by atoms with E-state index in [0.29, 0.717) is 31.5 Å². The van der Waals surface area contributed by atoms with Crippen molar-refractivity contribution in [2.45, 2.75) is 12.5 Å². The van der Waals surface area contributed by atoms with E-state index in [-0.39, 0.29) is 6.04 Å². The van der Waals surface area contributed by atoms with E-state index in [1.54, 1.807) is 4.67 Å². The average molecular weight is 337 g/mol. The zero-order chi connectivity index (χ0) is 14.4. The minimum absolute atomic E-state index is 0.0314. The van der Waals surface area contributed by atoms with Crippen molar-refractivity contribution in [1.82, 2.24) is 9.76 Å². The Kier molecular flexibility index (Phi) is 6.34. The molecule has 0 saturated carbocycles. The maximum absolute atomic E-state index is 13.0. The molecule has 1 saturated heterocycles. The van der Waals surface area contributed by atoms with Crippen LogP contribution in [-0.2, 0) is 9.09 Å². The van der Waals surface area contributed by atoms with Crippen molar-refractivity contribution in [1.29, 1.82) is 0 Å². The van der Waals surface area contributed by atoms with E-state index < -0.39 is 7.67 Å². The maximum atomic E-state index is 13.0. The van der Waals surface area contributed by atoms with E-state index in [4.69, 9.17) is 27.7 Å². The van der Waals surface area contributed by atoms with Gasteiger partial charge in [0.25, 0.3) is 0 Å². The Morgan fingerprint density at radius 3 is 2.50 bits per heavy atom. The summed E-state index contributed by atoms with van der Waals surface area (Å²) in [5.41, 5.74) is 1.12. The molecule has 0 radical (unpaired) electrons. The van der Waals surface area contributed by atoms with E-state index in [2.05, 4.69) is 5.09 Å². The fourth-order valence-electron chi connectivity index (χ4n) is 2.25. The smallest absolute Gasteiger partial charge is 0.306 e. The van der Waals surface area contributed by atoms with Gasteiger partial charge in [-0.05, 0) is 12.0 Å². The van der Waals surface area contributed by atoms with Gasteiger partial charge in [0.2, 0.25) is 0 Å². The molecule has 0 unspecified atom stereocenters. The van der Waals surface area contributed by atoms with Crippen LogP contribution in [0.4, 0.5) is 0 Å². The standard InChI is InChI=1S/C13H19Cl2N2O2P/c14-7-9-17(10-8-15)20(18)16-13(6-11-19-20)12-4-2-1-3-5-12/h1-5,13H,6-11H2,(H,16,18)/t13-,20-/m0/s1. The fourth-order valence-corrected chi connectivity index (χ4v) is 5.05. The highest BCUT2D eigenvalue weighted by atomic mass is 35.5. The average Bonchev–Trinajstić information content (AvgIpc) is 2.48. The van der Waals surface area contributed by atoms with Gasteiger partial charge in [-0.15, -0.1) is 23.2 Å². The summed E-state index contributed by atoms with van der Waals surface area (Å²) in [6.07, 6.45) is 0.795. The summed E-state index contributed by atoms with van der Waals surface area (Å²) in [5, 5.41) is 3.16. The van der Waals surface area contributed by atoms with Gasteiger partial charge >= 0.3 is 7.67 Å². The molecule has 112 valence electrons. The fraction of sp³-hybridized carbons (Fsp3) is 0.538. The van der Waals surface area contributed by atoms with E-state index >= 15 is 0 Å². The highest BCUT2D eigenvalue weighted by Gasteiger charge is 2.37. The molecule has 7 heteroatoms. The lowest BCUT2D eigenvalue weighted by Crippen LogP contribution is -2.37. The molecule has 0 bridgehead atoms. The van der Waals surface area contributed by atoms with Crippen molar-refractivity contribution in [3.63, 3.8) is 0 Å². The lowest BCUT2D eigenvalue weighted by atomic mass is 10.1. The van der Waals surface area contributed by atoms with E-state index in [0.717, 1.165) is 12.0 Å². The van der Waals surface area contributed by atoms with Crippen LogP contribution in [0.15, 0.2) is 30.3 Å². The van der Waals surface area contributed by atoms with Gasteiger partial charge in [0.15, 0.2) is 0 Å². The number of rotatable bonds is 6. The van der Waals surface area contributed by atoms with Gasteiger partial charge in [0, 0.05) is 30.9 Å². The van der Waals surface area contributed by atoms with Crippen LogP contribution in [0.5, 0.6) is 0 Å². The van der Waals surface area contributed by atoms with Crippen LogP contribution < -0.4 is 5.09 Å². The summed E-state index contributed by atoms with van der Waals surface area (Å²) in [6.45, 7) is 1.44. The van der Waals surface area contributed by atoms with Crippen LogP contribution in [0.25, 0.3) is 0 Å². The van der Waals surface area contributed by atoms with Gasteiger partial charge in [-0.3, -0.25) is 4.57 Å². The second-order valence-corrected chi connectivity index (χ2v) is 7.45. The third-order valence-electron chi connectivity index (χ3n) is 3.25. The molecule has 2 atom stereocenters. The molecule has 1 aromatic carbocycles. The third kappa shape index (κ3) is 3.97. The largest absolute Gasteiger partial charge is 0.344 e. The van der Waals surface area contributed by atoms with Crippen molar-refractivity contribution in [3.8, 4) is 0 Å². The van der Waals surface area contributed by atoms with Crippen LogP contribution in [0.1, 0.15) is 18.0 Å². The van der Waals surface area contributed by atoms with Crippen molar-refractivity contribution in [2.75, 3.05) is 31.5 Å². The van der Waals surface area contributed by atoms with Crippen molar-refractivity contribution in [2.24, 2.45) is 0 Å². The van der Waals surface area contributed by atoms with E-state index in [1.807, 2.05) is 30.3 Å². The summed E-state index contributed by atoms with van der Waals surface area (Å²) >= 11 is 11.6. The van der Waals surface area contributed by atoms with Gasteiger partial charge in [0.05, 0.1) is 6.61 Å². The number of alkyl halides is 2. The molecule has 0 aliphatic carbocycles. The minimum atomic E-state index is -3.06. The first-order chi connectivity index (χ1) is 9.69. The monoisotopic (exact) mass is 336 g/mol. The van der Waals surface area contributed by atoms with Crippen LogP contribution in [0, 0.1) is 0 Å². The molecule has 1 aliphatic rings. The Labute approximate surface area is 129 Å². The SMILES string of the molecule is O=[P@@]1(N(CCCl)CCCl)N[C@H](c2ccccc2)CCO1. The lowest BCUT2D eigenvalue weighted by Gasteiger charge is -2.37. The molecule has 0 amide bonds. The van der Waals surface area contributed by atoms with Crippen molar-refractivity contribution >= 4 is 30.9 Å². The Balaban J connectivity index is 2.13. The normalized spacial score (nSPS) is 26.9. The lowest BCUT2D eigenvalue weighted by molar-refractivity contribution is 0.211. The second kappa shape index (κ2) is 7.79. The Hall–Kier alpha value is -0.0900. The molecule has 0 aromatic heterocycles. The van der Waals surface area contributed by atoms with Crippen LogP contribution in [0.2, 0.25) is 0 Å². The van der Waals surface area contributed by atoms with Gasteiger partial charge in [-0.2, -0.15) is 0 Å². The topological polar surface area (TPSA) is 41.6 Å². The molecular formula is C13H19Cl2N2O2P. The molecular weight excluding hydrogens is 318 g/mol. The highest BCUT2D eigenvalue weighted by Crippen LogP contribution is 2.52. The van der Waals surface area contributed by atoms with Gasteiger partial charge in [-0.25, -0.2) is 9.76 Å². The molecule has 4 nitrogen and oxygen atoms in total. The van der Waals surface area contributed by atoms with Crippen molar-refractivity contribution < 1.29 is 9.09 Å². The predicted octanol–water partition coefficient (Wildman–Crippen LogP) is 3.63. The van der Waals surface area contributed by atoms with E-state index in [9.17, 15) is 4.57 Å². The zero-order valence-corrected chi connectivity index (χ0v) is 13.6. The molecule has 0 spiro atoms. The Morgan fingerprint density at radius 2 is 1.90 bits per heavy atom. The van der Waals surface area contributed by atoms with Gasteiger partial charge < -0.3 is 4.52 Å². The zero-order valence-electron chi connectivity index (χ0n) is 11.2. The number of nitrogens with one attached hydrogen (secondary N) is 1. The minimum Gasteiger partial charge on any atom is -0.306 e. The summed E-state index contributed by atoms with van der Waals surface area (Å²) in [7, 11) is -3.06. The molecule has 1 aromatic rings. The summed E-state index contributed by atoms with van der Waals surface area (Å²) in [6, 6.07) is 10.0. The summed E-state index contributed by atoms with van der Waals surface area (Å²) in [4.78, 5) is 0. The third-order valence-corrected chi connectivity index (χ3v) is 5.90. The Morgan fingerprint density at radius 1 is 1.25 bits per heavy atom. The second-order valence-electron chi connectivity index (χ2n) is 4.57. The molecule has 1 aliphatic heterocycles. The van der Waals surface area contributed by atoms with Crippen molar-refractivity contribution in [3.05, 3.63) is 35.9 Å². The van der Waals surface area contributed by atoms with E-state index in [1.165, 1.54) is 0 Å². The first-order valence-corrected chi connectivity index (χ1v) is 9.29. The first-order valence-electron chi connectivity index (χ1n) is 6.64. The number of halogens is 2. The van der Waals surface area contributed by atoms with Gasteiger partial charge in [-0.1, -0.05) is 30.3 Å². The Bertz CT molecular complexity index is 455. The highest BCUT2D eigenvalue weighted by molar-refractivity contribution is 7.54. The van der Waals surface area contributed by atoms with Crippen LogP contribution in [-0.4, -0.2) is 36.1 Å². The number of nitrogens with zero attached hydrogens (tertiary/aromatic N) is 1. The number of hydrogen-bond acceptors (Lipinski definition) is 2. The molecule has 1 N–H and O–H groups in total. The van der Waals surface area contributed by atoms with Crippen LogP contribution >= 0.6 is 30.9 Å². The summed E-state index contributed by atoms with van der Waals surface area (Å²) < 4.78 is 20.2. The molecule has 20 heavy (non-hydrogen) atoms. The number of hydrogen-bond donors (Lipinski definition) is 1. The summed E-state index contributed by atoms with van der Waals surface area (Å²) in [5.74, 6) is 0.782. The molecule has 2 rings (SSSR count). The maximum Gasteiger partial charge on any atom is 0.344 e.